The minimum Gasteiger partial charge on any atom is -0.508 e. The topological polar surface area (TPSA) is 86.6 Å². The second kappa shape index (κ2) is 10.3. The van der Waals surface area contributed by atoms with Gasteiger partial charge in [0.05, 0.1) is 10.9 Å². The molecular formula is C34H36FIN6O2. The maximum Gasteiger partial charge on any atom is 0.319 e. The summed E-state index contributed by atoms with van der Waals surface area (Å²) in [4.78, 5) is 19.4. The molecule has 0 spiro atoms. The van der Waals surface area contributed by atoms with Gasteiger partial charge in [-0.2, -0.15) is 9.97 Å². The lowest BCUT2D eigenvalue weighted by Gasteiger charge is -2.35. The molecule has 1 saturated carbocycles. The monoisotopic (exact) mass is 706 g/mol. The Morgan fingerprint density at radius 2 is 1.95 bits per heavy atom. The summed E-state index contributed by atoms with van der Waals surface area (Å²) in [5.74, 6) is 1.01. The van der Waals surface area contributed by atoms with Crippen molar-refractivity contribution in [1.82, 2.24) is 25.2 Å². The summed E-state index contributed by atoms with van der Waals surface area (Å²) in [5.41, 5.74) is 0.960. The first-order chi connectivity index (χ1) is 21.5. The van der Waals surface area contributed by atoms with Crippen LogP contribution in [0, 0.1) is 15.3 Å². The highest BCUT2D eigenvalue weighted by Gasteiger charge is 2.55. The van der Waals surface area contributed by atoms with Crippen LogP contribution in [-0.2, 0) is 0 Å². The largest absolute Gasteiger partial charge is 0.508 e. The van der Waals surface area contributed by atoms with Gasteiger partial charge in [-0.25, -0.2) is 4.39 Å². The number of benzene rings is 2. The average molecular weight is 707 g/mol. The van der Waals surface area contributed by atoms with Crippen LogP contribution in [0.3, 0.4) is 0 Å². The van der Waals surface area contributed by atoms with Crippen molar-refractivity contribution in [3.05, 3.63) is 45.9 Å². The van der Waals surface area contributed by atoms with Crippen LogP contribution in [0.4, 0.5) is 10.2 Å². The van der Waals surface area contributed by atoms with Gasteiger partial charge in [-0.15, -0.1) is 0 Å². The van der Waals surface area contributed by atoms with Crippen molar-refractivity contribution < 1.29 is 14.2 Å². The molecule has 4 aliphatic heterocycles. The predicted octanol–water partition coefficient (Wildman–Crippen LogP) is 6.02. The van der Waals surface area contributed by atoms with E-state index in [0.717, 1.165) is 59.2 Å². The first-order valence-electron chi connectivity index (χ1n) is 16.1. The second-order valence-electron chi connectivity index (χ2n) is 13.7. The summed E-state index contributed by atoms with van der Waals surface area (Å²) in [6.45, 7) is 3.29. The van der Waals surface area contributed by atoms with Crippen molar-refractivity contribution in [2.24, 2.45) is 5.92 Å². The lowest BCUT2D eigenvalue weighted by molar-refractivity contribution is 0.0832. The Balaban J connectivity index is 1.16. The lowest BCUT2D eigenvalue weighted by atomic mass is 9.90. The van der Waals surface area contributed by atoms with Crippen LogP contribution in [0.5, 0.6) is 11.8 Å². The first-order valence-corrected chi connectivity index (χ1v) is 17.2. The smallest absolute Gasteiger partial charge is 0.319 e. The maximum atomic E-state index is 16.8. The molecule has 10 heteroatoms. The van der Waals surface area contributed by atoms with Crippen LogP contribution in [0.25, 0.3) is 32.9 Å². The average Bonchev–Trinajstić information content (AvgIpc) is 3.77. The molecule has 2 aromatic carbocycles. The number of nitrogens with one attached hydrogen (secondary N) is 1. The Bertz CT molecular complexity index is 1790. The molecule has 4 aromatic rings. The summed E-state index contributed by atoms with van der Waals surface area (Å²) < 4.78 is 24.3. The highest BCUT2D eigenvalue weighted by molar-refractivity contribution is 14.1. The molecule has 9 rings (SSSR count). The zero-order valence-corrected chi connectivity index (χ0v) is 26.8. The summed E-state index contributed by atoms with van der Waals surface area (Å²) >= 11 is 2.26. The molecule has 2 N–H and O–H groups in total. The number of hydrogen-bond donors (Lipinski definition) is 2. The zero-order valence-electron chi connectivity index (χ0n) is 24.6. The van der Waals surface area contributed by atoms with Crippen molar-refractivity contribution in [3.63, 3.8) is 0 Å². The van der Waals surface area contributed by atoms with Gasteiger partial charge in [-0.1, -0.05) is 18.6 Å². The quantitative estimate of drug-likeness (QED) is 0.244. The third kappa shape index (κ3) is 4.30. The highest BCUT2D eigenvalue weighted by atomic mass is 127. The number of halogens is 2. The molecule has 2 unspecified atom stereocenters. The summed E-state index contributed by atoms with van der Waals surface area (Å²) in [7, 11) is 0. The minimum absolute atomic E-state index is 0.0293. The van der Waals surface area contributed by atoms with Crippen LogP contribution in [-0.4, -0.2) is 74.9 Å². The fourth-order valence-electron chi connectivity index (χ4n) is 9.30. The van der Waals surface area contributed by atoms with Crippen molar-refractivity contribution in [3.8, 4) is 23.0 Å². The van der Waals surface area contributed by atoms with Gasteiger partial charge in [-0.3, -0.25) is 9.88 Å². The van der Waals surface area contributed by atoms with E-state index in [1.165, 1.54) is 32.1 Å². The van der Waals surface area contributed by atoms with Crippen molar-refractivity contribution >= 4 is 50.1 Å². The van der Waals surface area contributed by atoms with Crippen LogP contribution in [0.15, 0.2) is 36.5 Å². The molecule has 1 aliphatic carbocycles. The Hall–Kier alpha value is -2.83. The maximum absolute atomic E-state index is 16.8. The molecule has 0 radical (unpaired) electrons. The molecule has 5 aliphatic rings. The first kappa shape index (κ1) is 27.5. The number of nitrogens with zero attached hydrogens (tertiary/aromatic N) is 5. The van der Waals surface area contributed by atoms with Gasteiger partial charge in [0.15, 0.2) is 5.82 Å². The van der Waals surface area contributed by atoms with E-state index >= 15 is 4.39 Å². The van der Waals surface area contributed by atoms with Gasteiger partial charge in [-0.05, 0) is 104 Å². The zero-order chi connectivity index (χ0) is 29.6. The van der Waals surface area contributed by atoms with Crippen LogP contribution < -0.4 is 15.0 Å². The molecule has 5 atom stereocenters. The lowest BCUT2D eigenvalue weighted by Crippen LogP contribution is -2.51. The Morgan fingerprint density at radius 3 is 2.82 bits per heavy atom. The number of ether oxygens (including phenoxy) is 1. The number of pyridine rings is 1. The normalized spacial score (nSPS) is 29.5. The summed E-state index contributed by atoms with van der Waals surface area (Å²) in [5, 5.41) is 16.5. The van der Waals surface area contributed by atoms with E-state index in [-0.39, 0.29) is 28.5 Å². The minimum atomic E-state index is -0.517. The standard InChI is InChI=1S/C34H36FIN6O2/c35-29-30(24-13-23(43)12-19-4-1-6-26(36)28(19)24)37-15-25-31(29)39-33(40-32(25)41-16-21-8-9-22(17-41)38-21)44-18-34-10-3-11-42(34)27-7-2-5-20(27)14-34/h1,4,6,12-13,15,20-22,27,38,43H,2-3,5,7-11,14,16-18H2/t20-,21?,22?,27-,34+/m1/s1. The van der Waals surface area contributed by atoms with Crippen LogP contribution in [0.1, 0.15) is 51.4 Å². The molecule has 5 fully saturated rings. The molecule has 8 nitrogen and oxygen atoms in total. The number of phenols is 1. The third-order valence-corrected chi connectivity index (χ3v) is 12.0. The molecule has 44 heavy (non-hydrogen) atoms. The molecular weight excluding hydrogens is 670 g/mol. The Morgan fingerprint density at radius 1 is 1.09 bits per heavy atom. The predicted molar refractivity (Wildman–Crippen MR) is 177 cm³/mol. The molecule has 2 aromatic heterocycles. The fraction of sp³-hybridized carbons (Fsp3) is 0.500. The number of hydrogen-bond acceptors (Lipinski definition) is 8. The van der Waals surface area contributed by atoms with E-state index < -0.39 is 5.82 Å². The van der Waals surface area contributed by atoms with Crippen LogP contribution >= 0.6 is 22.6 Å². The van der Waals surface area contributed by atoms with E-state index in [1.807, 2.05) is 18.2 Å². The number of phenolic OH excluding ortho intramolecular Hbond substituents is 1. The van der Waals surface area contributed by atoms with Gasteiger partial charge in [0.25, 0.3) is 0 Å². The van der Waals surface area contributed by atoms with Crippen molar-refractivity contribution in [2.75, 3.05) is 31.1 Å². The van der Waals surface area contributed by atoms with Gasteiger partial charge in [0.1, 0.15) is 29.4 Å². The number of aromatic hydroxyl groups is 1. The molecule has 0 amide bonds. The summed E-state index contributed by atoms with van der Waals surface area (Å²) in [6, 6.07) is 10.8. The van der Waals surface area contributed by atoms with E-state index in [9.17, 15) is 5.11 Å². The second-order valence-corrected chi connectivity index (χ2v) is 14.8. The highest BCUT2D eigenvalue weighted by Crippen LogP contribution is 2.51. The third-order valence-electron chi connectivity index (χ3n) is 11.1. The fourth-order valence-corrected chi connectivity index (χ4v) is 10.1. The van der Waals surface area contributed by atoms with Gasteiger partial charge in [0, 0.05) is 51.9 Å². The van der Waals surface area contributed by atoms with E-state index in [2.05, 4.69) is 42.7 Å². The van der Waals surface area contributed by atoms with E-state index in [4.69, 9.17) is 14.7 Å². The molecule has 4 saturated heterocycles. The Kier molecular flexibility index (Phi) is 6.46. The van der Waals surface area contributed by atoms with E-state index in [0.29, 0.717) is 41.5 Å². The van der Waals surface area contributed by atoms with Crippen LogP contribution in [0.2, 0.25) is 0 Å². The molecule has 6 heterocycles. The molecule has 2 bridgehead atoms. The number of fused-ring (bicyclic) bond motifs is 7. The number of rotatable bonds is 5. The van der Waals surface area contributed by atoms with Crippen molar-refractivity contribution in [1.29, 1.82) is 0 Å². The summed E-state index contributed by atoms with van der Waals surface area (Å²) in [6.07, 6.45) is 11.4. The SMILES string of the molecule is Oc1cc(-c2ncc3c(N4CC5CCC(C4)N5)nc(OC[C@@]45CCCN4[C@@H]4CCC[C@@H]4C5)nc3c2F)c2c(I)cccc2c1. The number of piperazine rings is 1. The van der Waals surface area contributed by atoms with Crippen molar-refractivity contribution in [2.45, 2.75) is 75.0 Å². The van der Waals surface area contributed by atoms with Gasteiger partial charge in [0.2, 0.25) is 0 Å². The molecule has 228 valence electrons. The van der Waals surface area contributed by atoms with Gasteiger partial charge < -0.3 is 20.1 Å². The number of aromatic nitrogens is 3. The Labute approximate surface area is 269 Å². The van der Waals surface area contributed by atoms with Gasteiger partial charge >= 0.3 is 6.01 Å². The van der Waals surface area contributed by atoms with E-state index in [1.54, 1.807) is 18.3 Å². The number of anilines is 1.